The minimum Gasteiger partial charge on any atom is -0.507 e. The number of ether oxygens (including phenoxy) is 1. The van der Waals surface area contributed by atoms with Crippen molar-refractivity contribution in [3.05, 3.63) is 99.6 Å². The monoisotopic (exact) mass is 497 g/mol. The van der Waals surface area contributed by atoms with E-state index >= 15 is 0 Å². The van der Waals surface area contributed by atoms with Crippen LogP contribution in [0.4, 0.5) is 5.69 Å². The molecular weight excluding hydrogens is 462 g/mol. The molecule has 1 atom stereocenters. The van der Waals surface area contributed by atoms with Crippen LogP contribution in [0, 0.1) is 13.8 Å². The lowest BCUT2D eigenvalue weighted by Gasteiger charge is -2.26. The number of nitrogens with zero attached hydrogens (tertiary/aromatic N) is 1. The van der Waals surface area contributed by atoms with Gasteiger partial charge in [-0.15, -0.1) is 0 Å². The van der Waals surface area contributed by atoms with Crippen LogP contribution in [0.25, 0.3) is 5.76 Å². The maximum Gasteiger partial charge on any atom is 0.300 e. The zero-order chi connectivity index (χ0) is 27.0. The van der Waals surface area contributed by atoms with E-state index in [1.807, 2.05) is 88.4 Å². The minimum atomic E-state index is -0.756. The van der Waals surface area contributed by atoms with Gasteiger partial charge in [0, 0.05) is 11.3 Å². The molecular formula is C32H35NO4. The largest absolute Gasteiger partial charge is 0.507 e. The third-order valence-corrected chi connectivity index (χ3v) is 7.09. The molecule has 1 heterocycles. The van der Waals surface area contributed by atoms with Gasteiger partial charge in [0.2, 0.25) is 0 Å². The second-order valence-electron chi connectivity index (χ2n) is 10.4. The Morgan fingerprint density at radius 1 is 0.919 bits per heavy atom. The van der Waals surface area contributed by atoms with Gasteiger partial charge >= 0.3 is 0 Å². The number of benzene rings is 3. The summed E-state index contributed by atoms with van der Waals surface area (Å²) in [6.45, 7) is 12.1. The van der Waals surface area contributed by atoms with E-state index in [-0.39, 0.29) is 17.3 Å². The molecule has 0 radical (unpaired) electrons. The van der Waals surface area contributed by atoms with Crippen molar-refractivity contribution in [2.24, 2.45) is 0 Å². The lowest BCUT2D eigenvalue weighted by atomic mass is 9.90. The van der Waals surface area contributed by atoms with Gasteiger partial charge in [0.15, 0.2) is 0 Å². The average Bonchev–Trinajstić information content (AvgIpc) is 3.13. The Hall–Kier alpha value is -3.86. The Labute approximate surface area is 219 Å². The Balaban J connectivity index is 1.96. The fourth-order valence-electron chi connectivity index (χ4n) is 5.00. The van der Waals surface area contributed by atoms with Crippen LogP contribution in [0.3, 0.4) is 0 Å². The van der Waals surface area contributed by atoms with Crippen LogP contribution >= 0.6 is 0 Å². The van der Waals surface area contributed by atoms with Gasteiger partial charge in [0.1, 0.15) is 11.5 Å². The van der Waals surface area contributed by atoms with E-state index in [0.29, 0.717) is 17.2 Å². The van der Waals surface area contributed by atoms with Crippen molar-refractivity contribution in [2.75, 3.05) is 12.0 Å². The molecule has 5 nitrogen and oxygen atoms in total. The van der Waals surface area contributed by atoms with Gasteiger partial charge in [0.05, 0.1) is 18.7 Å². The first-order valence-corrected chi connectivity index (χ1v) is 12.7. The van der Waals surface area contributed by atoms with Crippen LogP contribution in [-0.2, 0) is 9.59 Å². The fourth-order valence-corrected chi connectivity index (χ4v) is 5.00. The number of aliphatic hydroxyl groups excluding tert-OH is 1. The number of aryl methyl sites for hydroxylation is 2. The van der Waals surface area contributed by atoms with Crippen LogP contribution < -0.4 is 9.64 Å². The predicted molar refractivity (Wildman–Crippen MR) is 148 cm³/mol. The highest BCUT2D eigenvalue weighted by Crippen LogP contribution is 2.43. The highest BCUT2D eigenvalue weighted by Gasteiger charge is 2.47. The van der Waals surface area contributed by atoms with Gasteiger partial charge < -0.3 is 9.84 Å². The van der Waals surface area contributed by atoms with Gasteiger partial charge in [-0.05, 0) is 72.2 Å². The quantitative estimate of drug-likeness (QED) is 0.222. The first-order valence-electron chi connectivity index (χ1n) is 12.7. The van der Waals surface area contributed by atoms with Crippen LogP contribution in [0.15, 0.2) is 66.2 Å². The zero-order valence-corrected chi connectivity index (χ0v) is 22.6. The molecule has 1 N–H and O–H groups in total. The Bertz CT molecular complexity index is 1380. The summed E-state index contributed by atoms with van der Waals surface area (Å²) < 4.78 is 5.56. The van der Waals surface area contributed by atoms with Crippen molar-refractivity contribution in [1.29, 1.82) is 0 Å². The molecule has 1 fully saturated rings. The normalized spacial score (nSPS) is 17.2. The Morgan fingerprint density at radius 2 is 1.59 bits per heavy atom. The van der Waals surface area contributed by atoms with Gasteiger partial charge in [-0.3, -0.25) is 14.5 Å². The summed E-state index contributed by atoms with van der Waals surface area (Å²) >= 11 is 0. The first-order chi connectivity index (χ1) is 17.5. The molecule has 0 bridgehead atoms. The fraction of sp³-hybridized carbons (Fsp3) is 0.312. The predicted octanol–water partition coefficient (Wildman–Crippen LogP) is 7.19. The van der Waals surface area contributed by atoms with E-state index in [4.69, 9.17) is 4.74 Å². The number of methoxy groups -OCH3 is 1. The van der Waals surface area contributed by atoms with Gasteiger partial charge in [-0.25, -0.2) is 0 Å². The lowest BCUT2D eigenvalue weighted by Crippen LogP contribution is -2.29. The smallest absolute Gasteiger partial charge is 0.300 e. The molecule has 0 aliphatic carbocycles. The second-order valence-corrected chi connectivity index (χ2v) is 10.4. The molecule has 1 saturated heterocycles. The Morgan fingerprint density at radius 3 is 2.16 bits per heavy atom. The standard InChI is InChI=1S/C32H35NO4/c1-18(2)22-11-13-24(14-12-22)33-29(23-10-8-9-20(5)15-23)28(31(35)32(33)36)30(34)26-17-25(19(3)4)27(37-7)16-21(26)6/h8-19,29,34H,1-7H3/b30-28+. The summed E-state index contributed by atoms with van der Waals surface area (Å²) in [4.78, 5) is 28.6. The minimum absolute atomic E-state index is 0.0894. The van der Waals surface area contributed by atoms with Crippen molar-refractivity contribution in [2.45, 2.75) is 59.4 Å². The number of hydrogen-bond donors (Lipinski definition) is 1. The van der Waals surface area contributed by atoms with E-state index in [0.717, 1.165) is 33.6 Å². The van der Waals surface area contributed by atoms with E-state index in [1.165, 1.54) is 4.90 Å². The van der Waals surface area contributed by atoms with Crippen LogP contribution in [0.1, 0.15) is 79.0 Å². The van der Waals surface area contributed by atoms with Crippen LogP contribution in [0.5, 0.6) is 5.75 Å². The SMILES string of the molecule is COc1cc(C)c(/C(O)=C2\C(=O)C(=O)N(c3ccc(C(C)C)cc3)C2c2cccc(C)c2)cc1C(C)C. The maximum atomic E-state index is 13.6. The molecule has 1 amide bonds. The van der Waals surface area contributed by atoms with Crippen molar-refractivity contribution < 1.29 is 19.4 Å². The molecule has 1 aliphatic heterocycles. The summed E-state index contributed by atoms with van der Waals surface area (Å²) in [6, 6.07) is 18.4. The number of Topliss-reactive ketones (excluding diaryl/α,β-unsaturated/α-hetero) is 1. The Kier molecular flexibility index (Phi) is 7.26. The van der Waals surface area contributed by atoms with E-state index < -0.39 is 17.7 Å². The number of aliphatic hydroxyl groups is 1. The third kappa shape index (κ3) is 4.78. The molecule has 0 spiro atoms. The maximum absolute atomic E-state index is 13.6. The summed E-state index contributed by atoms with van der Waals surface area (Å²) in [7, 11) is 1.62. The summed E-state index contributed by atoms with van der Waals surface area (Å²) in [5, 5.41) is 11.7. The van der Waals surface area contributed by atoms with E-state index in [9.17, 15) is 14.7 Å². The molecule has 3 aromatic rings. The molecule has 37 heavy (non-hydrogen) atoms. The number of ketones is 1. The first kappa shape index (κ1) is 26.2. The summed E-state index contributed by atoms with van der Waals surface area (Å²) in [5.41, 5.74) is 5.81. The van der Waals surface area contributed by atoms with E-state index in [2.05, 4.69) is 13.8 Å². The molecule has 3 aromatic carbocycles. The molecule has 0 saturated carbocycles. The number of carbonyl (C=O) groups is 2. The van der Waals surface area contributed by atoms with Crippen molar-refractivity contribution in [3.63, 3.8) is 0 Å². The lowest BCUT2D eigenvalue weighted by molar-refractivity contribution is -0.132. The molecule has 192 valence electrons. The average molecular weight is 498 g/mol. The highest BCUT2D eigenvalue weighted by atomic mass is 16.5. The molecule has 0 aromatic heterocycles. The number of amides is 1. The van der Waals surface area contributed by atoms with Gasteiger partial charge in [-0.1, -0.05) is 69.7 Å². The summed E-state index contributed by atoms with van der Waals surface area (Å²) in [5.74, 6) is -0.321. The molecule has 1 unspecified atom stereocenters. The number of anilines is 1. The molecule has 4 rings (SSSR count). The van der Waals surface area contributed by atoms with Gasteiger partial charge in [-0.2, -0.15) is 0 Å². The zero-order valence-electron chi connectivity index (χ0n) is 22.6. The third-order valence-electron chi connectivity index (χ3n) is 7.09. The number of rotatable bonds is 6. The summed E-state index contributed by atoms with van der Waals surface area (Å²) in [6.07, 6.45) is 0. The van der Waals surface area contributed by atoms with Crippen molar-refractivity contribution in [3.8, 4) is 5.75 Å². The van der Waals surface area contributed by atoms with Crippen LogP contribution in [-0.4, -0.2) is 23.9 Å². The van der Waals surface area contributed by atoms with Crippen molar-refractivity contribution in [1.82, 2.24) is 0 Å². The van der Waals surface area contributed by atoms with Gasteiger partial charge in [0.25, 0.3) is 11.7 Å². The van der Waals surface area contributed by atoms with Crippen LogP contribution in [0.2, 0.25) is 0 Å². The highest BCUT2D eigenvalue weighted by molar-refractivity contribution is 6.51. The van der Waals surface area contributed by atoms with Crippen molar-refractivity contribution >= 4 is 23.1 Å². The number of carbonyl (C=O) groups excluding carboxylic acids is 2. The number of hydrogen-bond acceptors (Lipinski definition) is 4. The second kappa shape index (κ2) is 10.3. The molecule has 1 aliphatic rings. The topological polar surface area (TPSA) is 66.8 Å². The van der Waals surface area contributed by atoms with E-state index in [1.54, 1.807) is 7.11 Å². The molecule has 5 heteroatoms.